The van der Waals surface area contributed by atoms with Crippen LogP contribution in [0.4, 0.5) is 0 Å². The second-order valence-electron chi connectivity index (χ2n) is 6.71. The number of hydrogen-bond acceptors (Lipinski definition) is 3. The quantitative estimate of drug-likeness (QED) is 0.267. The van der Waals surface area contributed by atoms with Gasteiger partial charge in [0.25, 0.3) is 0 Å². The predicted octanol–water partition coefficient (Wildman–Crippen LogP) is 2.56. The zero-order valence-electron chi connectivity index (χ0n) is 14.2. The molecule has 1 atom stereocenters. The number of sulfone groups is 1. The van der Waals surface area contributed by atoms with E-state index in [2.05, 4.69) is 22.5 Å². The van der Waals surface area contributed by atoms with Crippen molar-refractivity contribution in [2.45, 2.75) is 51.9 Å². The van der Waals surface area contributed by atoms with Crippen LogP contribution >= 0.6 is 24.0 Å². The van der Waals surface area contributed by atoms with Crippen molar-refractivity contribution in [3.63, 3.8) is 0 Å². The van der Waals surface area contributed by atoms with E-state index >= 15 is 0 Å². The molecule has 0 bridgehead atoms. The first-order valence-electron chi connectivity index (χ1n) is 8.81. The van der Waals surface area contributed by atoms with Crippen molar-refractivity contribution in [3.05, 3.63) is 0 Å². The van der Waals surface area contributed by atoms with E-state index < -0.39 is 9.84 Å². The molecule has 2 N–H and O–H groups in total. The average Bonchev–Trinajstić information content (AvgIpc) is 3.10. The van der Waals surface area contributed by atoms with Crippen molar-refractivity contribution in [1.82, 2.24) is 10.6 Å². The van der Waals surface area contributed by atoms with Crippen LogP contribution in [0.25, 0.3) is 0 Å². The maximum atomic E-state index is 11.5. The van der Waals surface area contributed by atoms with Gasteiger partial charge in [-0.15, -0.1) is 24.0 Å². The molecule has 7 heteroatoms. The molecule has 0 aromatic rings. The van der Waals surface area contributed by atoms with Crippen LogP contribution in [0.1, 0.15) is 51.9 Å². The lowest BCUT2D eigenvalue weighted by Gasteiger charge is -2.13. The van der Waals surface area contributed by atoms with Crippen LogP contribution in [0.2, 0.25) is 0 Å². The second kappa shape index (κ2) is 10.7. The summed E-state index contributed by atoms with van der Waals surface area (Å²) in [4.78, 5) is 4.56. The van der Waals surface area contributed by atoms with Crippen molar-refractivity contribution < 1.29 is 8.42 Å². The first-order valence-corrected chi connectivity index (χ1v) is 10.6. The molecule has 0 aromatic carbocycles. The molecule has 1 heterocycles. The van der Waals surface area contributed by atoms with Gasteiger partial charge in [-0.25, -0.2) is 8.42 Å². The summed E-state index contributed by atoms with van der Waals surface area (Å²) in [7, 11) is -2.80. The van der Waals surface area contributed by atoms with E-state index in [1.807, 2.05) is 0 Å². The molecular formula is C16H32IN3O2S. The summed E-state index contributed by atoms with van der Waals surface area (Å²) in [5.41, 5.74) is 0. The Morgan fingerprint density at radius 3 is 2.48 bits per heavy atom. The Hall–Kier alpha value is -0.0500. The molecule has 1 unspecified atom stereocenters. The zero-order valence-corrected chi connectivity index (χ0v) is 17.4. The largest absolute Gasteiger partial charge is 0.357 e. The fraction of sp³-hybridized carbons (Fsp3) is 0.938. The molecule has 5 nitrogen and oxygen atoms in total. The molecule has 136 valence electrons. The highest BCUT2D eigenvalue weighted by molar-refractivity contribution is 14.0. The SMILES string of the molecule is CCNC(=NCC1CCS(=O)(=O)C1)NCCCC1CCCC1.I. The van der Waals surface area contributed by atoms with Crippen molar-refractivity contribution in [2.24, 2.45) is 16.8 Å². The van der Waals surface area contributed by atoms with Gasteiger partial charge in [0.2, 0.25) is 0 Å². The van der Waals surface area contributed by atoms with Crippen LogP contribution in [-0.2, 0) is 9.84 Å². The molecule has 1 saturated heterocycles. The van der Waals surface area contributed by atoms with Crippen LogP contribution in [0.3, 0.4) is 0 Å². The number of rotatable bonds is 7. The summed E-state index contributed by atoms with van der Waals surface area (Å²) in [5.74, 6) is 2.60. The highest BCUT2D eigenvalue weighted by Crippen LogP contribution is 2.28. The monoisotopic (exact) mass is 457 g/mol. The number of nitrogens with zero attached hydrogens (tertiary/aromatic N) is 1. The summed E-state index contributed by atoms with van der Waals surface area (Å²) in [6, 6.07) is 0. The lowest BCUT2D eigenvalue weighted by molar-refractivity contribution is 0.481. The van der Waals surface area contributed by atoms with Crippen molar-refractivity contribution >= 4 is 39.8 Å². The highest BCUT2D eigenvalue weighted by Gasteiger charge is 2.27. The van der Waals surface area contributed by atoms with E-state index in [0.29, 0.717) is 18.1 Å². The molecule has 0 amide bonds. The van der Waals surface area contributed by atoms with E-state index in [0.717, 1.165) is 31.4 Å². The lowest BCUT2D eigenvalue weighted by Crippen LogP contribution is -2.38. The van der Waals surface area contributed by atoms with Gasteiger partial charge in [0.15, 0.2) is 15.8 Å². The number of nitrogens with one attached hydrogen (secondary N) is 2. The highest BCUT2D eigenvalue weighted by atomic mass is 127. The molecule has 2 fully saturated rings. The van der Waals surface area contributed by atoms with Gasteiger partial charge in [0, 0.05) is 19.6 Å². The third kappa shape index (κ3) is 8.05. The minimum atomic E-state index is -2.80. The predicted molar refractivity (Wildman–Crippen MR) is 107 cm³/mol. The molecule has 1 aliphatic carbocycles. The Balaban J connectivity index is 0.00000264. The summed E-state index contributed by atoms with van der Waals surface area (Å²) in [6.45, 7) is 4.44. The molecule has 1 saturated carbocycles. The molecule has 2 rings (SSSR count). The van der Waals surface area contributed by atoms with Crippen molar-refractivity contribution in [2.75, 3.05) is 31.1 Å². The molecule has 1 aliphatic heterocycles. The number of guanidine groups is 1. The van der Waals surface area contributed by atoms with Gasteiger partial charge in [0.1, 0.15) is 0 Å². The maximum absolute atomic E-state index is 11.5. The summed E-state index contributed by atoms with van der Waals surface area (Å²) in [5, 5.41) is 6.62. The molecule has 23 heavy (non-hydrogen) atoms. The standard InChI is InChI=1S/C16H31N3O2S.HI/c1-2-17-16(18-10-5-8-14-6-3-4-7-14)19-12-15-9-11-22(20,21)13-15;/h14-15H,2-13H2,1H3,(H2,17,18,19);1H. The lowest BCUT2D eigenvalue weighted by atomic mass is 10.0. The zero-order chi connectivity index (χ0) is 15.8. The van der Waals surface area contributed by atoms with Crippen LogP contribution in [0.5, 0.6) is 0 Å². The normalized spacial score (nSPS) is 24.4. The number of halogens is 1. The Morgan fingerprint density at radius 2 is 1.87 bits per heavy atom. The third-order valence-corrected chi connectivity index (χ3v) is 6.57. The Kier molecular flexibility index (Phi) is 9.80. The van der Waals surface area contributed by atoms with Gasteiger partial charge in [-0.1, -0.05) is 25.7 Å². The molecular weight excluding hydrogens is 425 g/mol. The van der Waals surface area contributed by atoms with Crippen molar-refractivity contribution in [1.29, 1.82) is 0 Å². The van der Waals surface area contributed by atoms with Crippen LogP contribution in [0.15, 0.2) is 4.99 Å². The molecule has 0 aromatic heterocycles. The van der Waals surface area contributed by atoms with Gasteiger partial charge in [-0.05, 0) is 38.0 Å². The van der Waals surface area contributed by atoms with E-state index in [1.165, 1.54) is 38.5 Å². The van der Waals surface area contributed by atoms with Crippen LogP contribution in [-0.4, -0.2) is 45.5 Å². The summed E-state index contributed by atoms with van der Waals surface area (Å²) in [6.07, 6.45) is 8.89. The van der Waals surface area contributed by atoms with Gasteiger partial charge >= 0.3 is 0 Å². The Labute approximate surface area is 158 Å². The fourth-order valence-corrected chi connectivity index (χ4v) is 5.32. The van der Waals surface area contributed by atoms with Gasteiger partial charge in [0.05, 0.1) is 11.5 Å². The first kappa shape index (κ1) is 21.0. The van der Waals surface area contributed by atoms with E-state index in [1.54, 1.807) is 0 Å². The fourth-order valence-electron chi connectivity index (χ4n) is 3.47. The molecule has 0 radical (unpaired) electrons. The molecule has 2 aliphatic rings. The third-order valence-electron chi connectivity index (χ3n) is 4.73. The number of hydrogen-bond donors (Lipinski definition) is 2. The topological polar surface area (TPSA) is 70.6 Å². The van der Waals surface area contributed by atoms with Crippen LogP contribution in [0, 0.1) is 11.8 Å². The smallest absolute Gasteiger partial charge is 0.191 e. The summed E-state index contributed by atoms with van der Waals surface area (Å²) >= 11 is 0. The van der Waals surface area contributed by atoms with Gasteiger partial charge in [-0.3, -0.25) is 4.99 Å². The van der Waals surface area contributed by atoms with E-state index in [-0.39, 0.29) is 29.9 Å². The maximum Gasteiger partial charge on any atom is 0.191 e. The van der Waals surface area contributed by atoms with Gasteiger partial charge < -0.3 is 10.6 Å². The molecule has 0 spiro atoms. The second-order valence-corrected chi connectivity index (χ2v) is 8.94. The van der Waals surface area contributed by atoms with Crippen molar-refractivity contribution in [3.8, 4) is 0 Å². The first-order chi connectivity index (χ1) is 10.6. The Morgan fingerprint density at radius 1 is 1.13 bits per heavy atom. The van der Waals surface area contributed by atoms with E-state index in [9.17, 15) is 8.42 Å². The van der Waals surface area contributed by atoms with Gasteiger partial charge in [-0.2, -0.15) is 0 Å². The summed E-state index contributed by atoms with van der Waals surface area (Å²) < 4.78 is 22.9. The Bertz CT molecular complexity index is 462. The number of aliphatic imine (C=N–C) groups is 1. The minimum Gasteiger partial charge on any atom is -0.357 e. The average molecular weight is 457 g/mol. The van der Waals surface area contributed by atoms with E-state index in [4.69, 9.17) is 0 Å². The van der Waals surface area contributed by atoms with Crippen LogP contribution < -0.4 is 10.6 Å². The minimum absolute atomic E-state index is 0.